The Balaban J connectivity index is 1.93. The predicted octanol–water partition coefficient (Wildman–Crippen LogP) is 0.464. The highest BCUT2D eigenvalue weighted by Crippen LogP contribution is 2.28. The number of nitrogens with one attached hydrogen (secondary N) is 3. The third-order valence-corrected chi connectivity index (χ3v) is 3.68. The molecule has 0 saturated carbocycles. The summed E-state index contributed by atoms with van der Waals surface area (Å²) in [5, 5.41) is 13.1. The average molecular weight is 266 g/mol. The van der Waals surface area contributed by atoms with Crippen LogP contribution in [0, 0.1) is 12.3 Å². The zero-order valence-electron chi connectivity index (χ0n) is 11.6. The lowest BCUT2D eigenvalue weighted by Gasteiger charge is -2.37. The Morgan fingerprint density at radius 2 is 2.26 bits per heavy atom. The van der Waals surface area contributed by atoms with Crippen molar-refractivity contribution in [2.45, 2.75) is 19.8 Å². The van der Waals surface area contributed by atoms with E-state index in [9.17, 15) is 4.79 Å². The highest BCUT2D eigenvalue weighted by Gasteiger charge is 2.32. The van der Waals surface area contributed by atoms with Crippen LogP contribution >= 0.6 is 0 Å². The molecule has 0 radical (unpaired) electrons. The molecule has 106 valence electrons. The summed E-state index contributed by atoms with van der Waals surface area (Å²) in [6.07, 6.45) is 2.03. The molecule has 3 N–H and O–H groups in total. The van der Waals surface area contributed by atoms with Gasteiger partial charge in [0.05, 0.1) is 6.61 Å². The molecule has 1 aromatic rings. The number of carbonyl (C=O) groups is 1. The molecule has 0 atom stereocenters. The second-order valence-corrected chi connectivity index (χ2v) is 5.30. The van der Waals surface area contributed by atoms with Gasteiger partial charge in [-0.05, 0) is 38.9 Å². The summed E-state index contributed by atoms with van der Waals surface area (Å²) in [4.78, 5) is 12.0. The zero-order chi connectivity index (χ0) is 13.7. The van der Waals surface area contributed by atoms with Crippen molar-refractivity contribution in [3.05, 3.63) is 17.5 Å². The molecular weight excluding hydrogens is 244 g/mol. The number of ether oxygens (including phenoxy) is 1. The fourth-order valence-corrected chi connectivity index (χ4v) is 2.53. The zero-order valence-corrected chi connectivity index (χ0v) is 11.6. The first-order valence-corrected chi connectivity index (χ1v) is 6.65. The third-order valence-electron chi connectivity index (χ3n) is 3.68. The van der Waals surface area contributed by atoms with E-state index in [1.807, 2.05) is 6.92 Å². The van der Waals surface area contributed by atoms with Gasteiger partial charge in [0.2, 0.25) is 0 Å². The number of hydrogen-bond acceptors (Lipinski definition) is 4. The first-order valence-electron chi connectivity index (χ1n) is 6.65. The van der Waals surface area contributed by atoms with Gasteiger partial charge in [0.1, 0.15) is 5.69 Å². The minimum atomic E-state index is -0.127. The molecule has 1 aromatic heterocycles. The number of piperidine rings is 1. The normalized spacial score (nSPS) is 18.2. The summed E-state index contributed by atoms with van der Waals surface area (Å²) >= 11 is 0. The number of amides is 1. The van der Waals surface area contributed by atoms with Crippen LogP contribution in [0.15, 0.2) is 6.07 Å². The molecule has 19 heavy (non-hydrogen) atoms. The van der Waals surface area contributed by atoms with Gasteiger partial charge in [-0.1, -0.05) is 0 Å². The van der Waals surface area contributed by atoms with Crippen molar-refractivity contribution in [2.24, 2.45) is 5.41 Å². The molecule has 2 rings (SSSR count). The maximum Gasteiger partial charge on any atom is 0.271 e. The van der Waals surface area contributed by atoms with Gasteiger partial charge < -0.3 is 15.4 Å². The van der Waals surface area contributed by atoms with E-state index in [0.29, 0.717) is 18.8 Å². The number of aromatic nitrogens is 2. The lowest BCUT2D eigenvalue weighted by molar-refractivity contribution is 0.0510. The predicted molar refractivity (Wildman–Crippen MR) is 72.1 cm³/mol. The molecule has 1 aliphatic rings. The van der Waals surface area contributed by atoms with Crippen molar-refractivity contribution >= 4 is 5.91 Å². The summed E-state index contributed by atoms with van der Waals surface area (Å²) in [7, 11) is 1.71. The van der Waals surface area contributed by atoms with E-state index >= 15 is 0 Å². The van der Waals surface area contributed by atoms with E-state index in [-0.39, 0.29) is 11.3 Å². The summed E-state index contributed by atoms with van der Waals surface area (Å²) in [5.74, 6) is -0.127. The van der Waals surface area contributed by atoms with Crippen molar-refractivity contribution in [3.8, 4) is 0 Å². The Bertz CT molecular complexity index is 419. The fraction of sp³-hybridized carbons (Fsp3) is 0.692. The van der Waals surface area contributed by atoms with Gasteiger partial charge in [-0.25, -0.2) is 0 Å². The summed E-state index contributed by atoms with van der Waals surface area (Å²) in [5.41, 5.74) is 1.37. The number of carbonyl (C=O) groups excluding carboxylic acids is 1. The van der Waals surface area contributed by atoms with Gasteiger partial charge in [-0.15, -0.1) is 0 Å². The van der Waals surface area contributed by atoms with E-state index in [1.54, 1.807) is 13.2 Å². The maximum atomic E-state index is 12.0. The number of H-pyrrole nitrogens is 1. The fourth-order valence-electron chi connectivity index (χ4n) is 2.53. The minimum Gasteiger partial charge on any atom is -0.384 e. The SMILES string of the molecule is COCC1(CNC(=O)c2cc(C)[nH]n2)CCNCC1. The first kappa shape index (κ1) is 14.0. The standard InChI is InChI=1S/C13H22N4O2/c1-10-7-11(17-16-10)12(18)15-8-13(9-19-2)3-5-14-6-4-13/h7,14H,3-6,8-9H2,1-2H3,(H,15,18)(H,16,17). The van der Waals surface area contributed by atoms with E-state index in [0.717, 1.165) is 31.6 Å². The van der Waals surface area contributed by atoms with Crippen molar-refractivity contribution < 1.29 is 9.53 Å². The molecule has 1 amide bonds. The van der Waals surface area contributed by atoms with Gasteiger partial charge >= 0.3 is 0 Å². The molecule has 1 aliphatic heterocycles. The van der Waals surface area contributed by atoms with Crippen LogP contribution in [0.5, 0.6) is 0 Å². The van der Waals surface area contributed by atoms with Crippen LogP contribution in [0.3, 0.4) is 0 Å². The molecule has 6 nitrogen and oxygen atoms in total. The number of methoxy groups -OCH3 is 1. The Hall–Kier alpha value is -1.40. The Morgan fingerprint density at radius 3 is 2.84 bits per heavy atom. The van der Waals surface area contributed by atoms with Crippen molar-refractivity contribution in [1.82, 2.24) is 20.8 Å². The Morgan fingerprint density at radius 1 is 1.53 bits per heavy atom. The van der Waals surface area contributed by atoms with Crippen LogP contribution in [0.25, 0.3) is 0 Å². The number of nitrogens with zero attached hydrogens (tertiary/aromatic N) is 1. The number of rotatable bonds is 5. The molecule has 2 heterocycles. The van der Waals surface area contributed by atoms with Crippen molar-refractivity contribution in [3.63, 3.8) is 0 Å². The van der Waals surface area contributed by atoms with Gasteiger partial charge in [0, 0.05) is 24.8 Å². The number of aromatic amines is 1. The van der Waals surface area contributed by atoms with E-state index in [1.165, 1.54) is 0 Å². The lowest BCUT2D eigenvalue weighted by atomic mass is 9.79. The molecule has 6 heteroatoms. The molecule has 0 aromatic carbocycles. The van der Waals surface area contributed by atoms with Crippen LogP contribution in [0.2, 0.25) is 0 Å². The van der Waals surface area contributed by atoms with Crippen LogP contribution in [0.1, 0.15) is 29.0 Å². The summed E-state index contributed by atoms with van der Waals surface area (Å²) in [6.45, 7) is 5.13. The first-order chi connectivity index (χ1) is 9.15. The van der Waals surface area contributed by atoms with Gasteiger partial charge in [-0.2, -0.15) is 5.10 Å². The van der Waals surface area contributed by atoms with E-state index in [2.05, 4.69) is 20.8 Å². The highest BCUT2D eigenvalue weighted by atomic mass is 16.5. The second kappa shape index (κ2) is 6.16. The Labute approximate surface area is 113 Å². The molecule has 0 unspecified atom stereocenters. The molecular formula is C13H22N4O2. The third kappa shape index (κ3) is 3.54. The molecule has 0 bridgehead atoms. The van der Waals surface area contributed by atoms with E-state index in [4.69, 9.17) is 4.74 Å². The molecule has 1 saturated heterocycles. The van der Waals surface area contributed by atoms with Crippen LogP contribution < -0.4 is 10.6 Å². The quantitative estimate of drug-likeness (QED) is 0.723. The lowest BCUT2D eigenvalue weighted by Crippen LogP contribution is -2.47. The van der Waals surface area contributed by atoms with Gasteiger partial charge in [0.15, 0.2) is 0 Å². The van der Waals surface area contributed by atoms with Gasteiger partial charge in [-0.3, -0.25) is 9.89 Å². The molecule has 1 fully saturated rings. The summed E-state index contributed by atoms with van der Waals surface area (Å²) in [6, 6.07) is 1.75. The molecule has 0 spiro atoms. The van der Waals surface area contributed by atoms with Crippen molar-refractivity contribution in [2.75, 3.05) is 33.4 Å². The largest absolute Gasteiger partial charge is 0.384 e. The topological polar surface area (TPSA) is 79.0 Å². The number of aryl methyl sites for hydroxylation is 1. The highest BCUT2D eigenvalue weighted by molar-refractivity contribution is 5.92. The second-order valence-electron chi connectivity index (χ2n) is 5.30. The number of hydrogen-bond donors (Lipinski definition) is 3. The monoisotopic (exact) mass is 266 g/mol. The van der Waals surface area contributed by atoms with E-state index < -0.39 is 0 Å². The summed E-state index contributed by atoms with van der Waals surface area (Å²) < 4.78 is 5.33. The van der Waals surface area contributed by atoms with Gasteiger partial charge in [0.25, 0.3) is 5.91 Å². The van der Waals surface area contributed by atoms with Crippen LogP contribution in [-0.4, -0.2) is 49.5 Å². The van der Waals surface area contributed by atoms with Crippen molar-refractivity contribution in [1.29, 1.82) is 0 Å². The Kier molecular flexibility index (Phi) is 4.55. The minimum absolute atomic E-state index is 0.0427. The van der Waals surface area contributed by atoms with Crippen LogP contribution in [-0.2, 0) is 4.74 Å². The maximum absolute atomic E-state index is 12.0. The molecule has 0 aliphatic carbocycles. The van der Waals surface area contributed by atoms with Crippen LogP contribution in [0.4, 0.5) is 0 Å². The average Bonchev–Trinajstić information content (AvgIpc) is 2.84. The smallest absolute Gasteiger partial charge is 0.271 e.